The van der Waals surface area contributed by atoms with Crippen LogP contribution in [0.2, 0.25) is 0 Å². The van der Waals surface area contributed by atoms with Crippen LogP contribution in [0.5, 0.6) is 0 Å². The standard InChI is InChI=1S/C22H32N4O5/c1-3-14(2)19(21(30)24-13-18(27)28)25-20(29)17-10-7-11-26(17)22(31)16(23)12-15-8-5-4-6-9-15/h4-6,8-9,14,16-17,19H,3,7,10-13,23H2,1-2H3,(H,24,30)(H,25,29)(H,27,28). The number of nitrogens with two attached hydrogens (primary N) is 1. The molecule has 1 heterocycles. The van der Waals surface area contributed by atoms with E-state index in [4.69, 9.17) is 10.8 Å². The highest BCUT2D eigenvalue weighted by Crippen LogP contribution is 2.20. The van der Waals surface area contributed by atoms with E-state index in [-0.39, 0.29) is 11.8 Å². The van der Waals surface area contributed by atoms with Crippen LogP contribution in [-0.4, -0.2) is 64.9 Å². The van der Waals surface area contributed by atoms with Gasteiger partial charge in [0.1, 0.15) is 18.6 Å². The summed E-state index contributed by atoms with van der Waals surface area (Å²) >= 11 is 0. The summed E-state index contributed by atoms with van der Waals surface area (Å²) in [5.41, 5.74) is 7.08. The number of likely N-dealkylation sites (tertiary alicyclic amines) is 1. The Labute approximate surface area is 182 Å². The molecule has 0 spiro atoms. The SMILES string of the molecule is CCC(C)C(NC(=O)C1CCCN1C(=O)C(N)Cc1ccccc1)C(=O)NCC(=O)O. The molecule has 4 unspecified atom stereocenters. The van der Waals surface area contributed by atoms with Gasteiger partial charge in [0.15, 0.2) is 0 Å². The van der Waals surface area contributed by atoms with Gasteiger partial charge in [0.25, 0.3) is 0 Å². The van der Waals surface area contributed by atoms with Crippen molar-refractivity contribution in [2.45, 2.75) is 57.7 Å². The van der Waals surface area contributed by atoms with Crippen molar-refractivity contribution in [1.29, 1.82) is 0 Å². The van der Waals surface area contributed by atoms with Gasteiger partial charge in [-0.15, -0.1) is 0 Å². The molecular formula is C22H32N4O5. The molecule has 1 fully saturated rings. The van der Waals surface area contributed by atoms with E-state index in [0.717, 1.165) is 5.56 Å². The Morgan fingerprint density at radius 3 is 2.52 bits per heavy atom. The normalized spacial score (nSPS) is 18.7. The highest BCUT2D eigenvalue weighted by atomic mass is 16.4. The second-order valence-corrected chi connectivity index (χ2v) is 7.97. The number of nitrogens with zero attached hydrogens (tertiary/aromatic N) is 1. The Kier molecular flexibility index (Phi) is 8.99. The molecule has 1 saturated heterocycles. The smallest absolute Gasteiger partial charge is 0.322 e. The van der Waals surface area contributed by atoms with Crippen molar-refractivity contribution in [2.75, 3.05) is 13.1 Å². The maximum atomic E-state index is 13.0. The number of carbonyl (C=O) groups is 4. The number of amides is 3. The fourth-order valence-corrected chi connectivity index (χ4v) is 3.70. The Bertz CT molecular complexity index is 785. The Morgan fingerprint density at radius 1 is 1.23 bits per heavy atom. The quantitative estimate of drug-likeness (QED) is 0.418. The number of hydrogen-bond donors (Lipinski definition) is 4. The zero-order chi connectivity index (χ0) is 23.0. The Hall–Kier alpha value is -2.94. The minimum absolute atomic E-state index is 0.205. The molecule has 1 aliphatic rings. The Balaban J connectivity index is 2.04. The highest BCUT2D eigenvalue weighted by Gasteiger charge is 2.38. The molecule has 3 amide bonds. The molecule has 0 radical (unpaired) electrons. The summed E-state index contributed by atoms with van der Waals surface area (Å²) in [6.45, 7) is 3.59. The molecule has 0 saturated carbocycles. The fraction of sp³-hybridized carbons (Fsp3) is 0.545. The number of hydrogen-bond acceptors (Lipinski definition) is 5. The molecule has 170 valence electrons. The monoisotopic (exact) mass is 432 g/mol. The van der Waals surface area contributed by atoms with Crippen molar-refractivity contribution in [3.8, 4) is 0 Å². The fourth-order valence-electron chi connectivity index (χ4n) is 3.70. The summed E-state index contributed by atoms with van der Waals surface area (Å²) in [7, 11) is 0. The number of rotatable bonds is 10. The maximum absolute atomic E-state index is 13.0. The Morgan fingerprint density at radius 2 is 1.90 bits per heavy atom. The molecule has 5 N–H and O–H groups in total. The van der Waals surface area contributed by atoms with Gasteiger partial charge in [-0.3, -0.25) is 19.2 Å². The van der Waals surface area contributed by atoms with Crippen LogP contribution in [0.1, 0.15) is 38.7 Å². The van der Waals surface area contributed by atoms with E-state index in [0.29, 0.717) is 32.2 Å². The van der Waals surface area contributed by atoms with E-state index >= 15 is 0 Å². The van der Waals surface area contributed by atoms with Gasteiger partial charge in [-0.25, -0.2) is 0 Å². The lowest BCUT2D eigenvalue weighted by Gasteiger charge is -2.29. The topological polar surface area (TPSA) is 142 Å². The minimum atomic E-state index is -1.16. The van der Waals surface area contributed by atoms with Crippen molar-refractivity contribution in [1.82, 2.24) is 15.5 Å². The number of carboxylic acids is 1. The first-order valence-corrected chi connectivity index (χ1v) is 10.6. The number of nitrogens with one attached hydrogen (secondary N) is 2. The number of aliphatic carboxylic acids is 1. The molecule has 1 aliphatic heterocycles. The summed E-state index contributed by atoms with van der Waals surface area (Å²) in [5, 5.41) is 13.8. The molecule has 1 aromatic rings. The van der Waals surface area contributed by atoms with E-state index in [1.54, 1.807) is 6.92 Å². The van der Waals surface area contributed by atoms with E-state index in [1.807, 2.05) is 37.3 Å². The van der Waals surface area contributed by atoms with E-state index < -0.39 is 42.5 Å². The number of carboxylic acid groups (broad SMARTS) is 1. The largest absolute Gasteiger partial charge is 0.480 e. The van der Waals surface area contributed by atoms with E-state index in [9.17, 15) is 19.2 Å². The molecule has 9 nitrogen and oxygen atoms in total. The lowest BCUT2D eigenvalue weighted by atomic mass is 9.97. The van der Waals surface area contributed by atoms with Crippen LogP contribution in [0.3, 0.4) is 0 Å². The average molecular weight is 433 g/mol. The van der Waals surface area contributed by atoms with Crippen LogP contribution >= 0.6 is 0 Å². The van der Waals surface area contributed by atoms with Crippen molar-refractivity contribution >= 4 is 23.7 Å². The second-order valence-electron chi connectivity index (χ2n) is 7.97. The molecular weight excluding hydrogens is 400 g/mol. The van der Waals surface area contributed by atoms with Crippen molar-refractivity contribution in [3.05, 3.63) is 35.9 Å². The molecule has 2 rings (SSSR count). The van der Waals surface area contributed by atoms with Gasteiger partial charge < -0.3 is 26.4 Å². The molecule has 0 aliphatic carbocycles. The number of benzene rings is 1. The molecule has 0 bridgehead atoms. The molecule has 31 heavy (non-hydrogen) atoms. The lowest BCUT2D eigenvalue weighted by molar-refractivity contribution is -0.141. The zero-order valence-corrected chi connectivity index (χ0v) is 18.0. The molecule has 9 heteroatoms. The third kappa shape index (κ3) is 6.78. The van der Waals surface area contributed by atoms with E-state index in [2.05, 4.69) is 10.6 Å². The van der Waals surface area contributed by atoms with Crippen molar-refractivity contribution < 1.29 is 24.3 Å². The highest BCUT2D eigenvalue weighted by molar-refractivity contribution is 5.94. The average Bonchev–Trinajstić information content (AvgIpc) is 3.25. The summed E-state index contributed by atoms with van der Waals surface area (Å²) in [6.07, 6.45) is 2.14. The van der Waals surface area contributed by atoms with Crippen LogP contribution in [0.4, 0.5) is 0 Å². The van der Waals surface area contributed by atoms with E-state index in [1.165, 1.54) is 4.90 Å². The van der Waals surface area contributed by atoms with Gasteiger partial charge in [-0.1, -0.05) is 50.6 Å². The molecule has 4 atom stereocenters. The van der Waals surface area contributed by atoms with Crippen LogP contribution < -0.4 is 16.4 Å². The number of carbonyl (C=O) groups excluding carboxylic acids is 3. The van der Waals surface area contributed by atoms with Crippen molar-refractivity contribution in [3.63, 3.8) is 0 Å². The van der Waals surface area contributed by atoms with Crippen LogP contribution in [-0.2, 0) is 25.6 Å². The van der Waals surface area contributed by atoms with Gasteiger partial charge in [-0.2, -0.15) is 0 Å². The van der Waals surface area contributed by atoms with Gasteiger partial charge in [0, 0.05) is 6.54 Å². The van der Waals surface area contributed by atoms with Crippen LogP contribution in [0.15, 0.2) is 30.3 Å². The van der Waals surface area contributed by atoms with Gasteiger partial charge >= 0.3 is 5.97 Å². The maximum Gasteiger partial charge on any atom is 0.322 e. The first kappa shape index (κ1) is 24.3. The second kappa shape index (κ2) is 11.5. The third-order valence-electron chi connectivity index (χ3n) is 5.66. The summed E-state index contributed by atoms with van der Waals surface area (Å²) in [6, 6.07) is 7.09. The van der Waals surface area contributed by atoms with Crippen LogP contribution in [0.25, 0.3) is 0 Å². The summed E-state index contributed by atoms with van der Waals surface area (Å²) < 4.78 is 0. The first-order valence-electron chi connectivity index (χ1n) is 10.6. The summed E-state index contributed by atoms with van der Waals surface area (Å²) in [4.78, 5) is 50.6. The van der Waals surface area contributed by atoms with Gasteiger partial charge in [0.2, 0.25) is 17.7 Å². The lowest BCUT2D eigenvalue weighted by Crippen LogP contribution is -2.57. The predicted molar refractivity (Wildman–Crippen MR) is 115 cm³/mol. The molecule has 1 aromatic carbocycles. The van der Waals surface area contributed by atoms with Gasteiger partial charge in [-0.05, 0) is 30.7 Å². The van der Waals surface area contributed by atoms with Crippen molar-refractivity contribution in [2.24, 2.45) is 11.7 Å². The predicted octanol–water partition coefficient (Wildman–Crippen LogP) is 0.279. The van der Waals surface area contributed by atoms with Crippen LogP contribution in [0, 0.1) is 5.92 Å². The molecule has 0 aromatic heterocycles. The summed E-state index contributed by atoms with van der Waals surface area (Å²) in [5.74, 6) is -2.64. The zero-order valence-electron chi connectivity index (χ0n) is 18.0. The van der Waals surface area contributed by atoms with Gasteiger partial charge in [0.05, 0.1) is 6.04 Å². The first-order chi connectivity index (χ1) is 14.7. The third-order valence-corrected chi connectivity index (χ3v) is 5.66. The minimum Gasteiger partial charge on any atom is -0.480 e.